The van der Waals surface area contributed by atoms with Gasteiger partial charge in [-0.05, 0) is 37.1 Å². The SMILES string of the molecule is O=C(Nc1nn(CC(F)(F)F)c2cccc(Oc3cccnc3)c12)[C@H]1CCCO1. The third-order valence-corrected chi connectivity index (χ3v) is 4.39. The van der Waals surface area contributed by atoms with Crippen LogP contribution in [0.25, 0.3) is 10.9 Å². The molecule has 1 fully saturated rings. The highest BCUT2D eigenvalue weighted by atomic mass is 19.4. The lowest BCUT2D eigenvalue weighted by molar-refractivity contribution is -0.141. The van der Waals surface area contributed by atoms with Gasteiger partial charge >= 0.3 is 6.18 Å². The minimum Gasteiger partial charge on any atom is -0.455 e. The first kappa shape index (κ1) is 19.2. The predicted octanol–water partition coefficient (Wildman–Crippen LogP) is 3.90. The van der Waals surface area contributed by atoms with E-state index < -0.39 is 24.7 Å². The largest absolute Gasteiger partial charge is 0.455 e. The van der Waals surface area contributed by atoms with Gasteiger partial charge in [0.05, 0.1) is 17.1 Å². The molecule has 29 heavy (non-hydrogen) atoms. The van der Waals surface area contributed by atoms with Crippen LogP contribution in [0.4, 0.5) is 19.0 Å². The highest BCUT2D eigenvalue weighted by Gasteiger charge is 2.31. The normalized spacial score (nSPS) is 16.9. The number of halogens is 3. The van der Waals surface area contributed by atoms with Gasteiger partial charge in [-0.25, -0.2) is 0 Å². The number of anilines is 1. The fraction of sp³-hybridized carbons (Fsp3) is 0.316. The van der Waals surface area contributed by atoms with E-state index in [0.717, 1.165) is 11.1 Å². The maximum Gasteiger partial charge on any atom is 0.408 e. The highest BCUT2D eigenvalue weighted by molar-refractivity contribution is 6.04. The fourth-order valence-corrected chi connectivity index (χ4v) is 3.18. The van der Waals surface area contributed by atoms with Crippen LogP contribution in [0.3, 0.4) is 0 Å². The first-order valence-corrected chi connectivity index (χ1v) is 8.97. The van der Waals surface area contributed by atoms with Gasteiger partial charge in [-0.1, -0.05) is 6.07 Å². The minimum absolute atomic E-state index is 0.00996. The van der Waals surface area contributed by atoms with Crippen LogP contribution in [0, 0.1) is 0 Å². The van der Waals surface area contributed by atoms with E-state index in [1.165, 1.54) is 12.3 Å². The number of pyridine rings is 1. The summed E-state index contributed by atoms with van der Waals surface area (Å²) in [6.07, 6.45) is -0.784. The van der Waals surface area contributed by atoms with E-state index in [0.29, 0.717) is 18.8 Å². The van der Waals surface area contributed by atoms with Crippen molar-refractivity contribution in [3.05, 3.63) is 42.7 Å². The molecule has 3 heterocycles. The number of aromatic nitrogens is 3. The van der Waals surface area contributed by atoms with Gasteiger partial charge < -0.3 is 14.8 Å². The van der Waals surface area contributed by atoms with Gasteiger partial charge in [-0.2, -0.15) is 18.3 Å². The second-order valence-corrected chi connectivity index (χ2v) is 6.55. The number of hydrogen-bond acceptors (Lipinski definition) is 5. The number of rotatable bonds is 5. The van der Waals surface area contributed by atoms with Crippen molar-refractivity contribution in [2.45, 2.75) is 31.7 Å². The molecule has 1 N–H and O–H groups in total. The maximum absolute atomic E-state index is 13.0. The van der Waals surface area contributed by atoms with Crippen LogP contribution in [-0.2, 0) is 16.1 Å². The molecule has 1 aliphatic heterocycles. The topological polar surface area (TPSA) is 78.3 Å². The summed E-state index contributed by atoms with van der Waals surface area (Å²) in [5, 5.41) is 6.87. The Morgan fingerprint density at radius 1 is 1.31 bits per heavy atom. The molecule has 1 saturated heterocycles. The Bertz CT molecular complexity index is 1010. The lowest BCUT2D eigenvalue weighted by Crippen LogP contribution is -2.27. The Balaban J connectivity index is 1.75. The highest BCUT2D eigenvalue weighted by Crippen LogP contribution is 2.36. The van der Waals surface area contributed by atoms with Gasteiger partial charge in [0.2, 0.25) is 0 Å². The molecule has 1 atom stereocenters. The fourth-order valence-electron chi connectivity index (χ4n) is 3.18. The molecule has 152 valence electrons. The van der Waals surface area contributed by atoms with Crippen molar-refractivity contribution in [3.8, 4) is 11.5 Å². The molecule has 0 saturated carbocycles. The number of ether oxygens (including phenoxy) is 2. The van der Waals surface area contributed by atoms with Crippen molar-refractivity contribution in [1.82, 2.24) is 14.8 Å². The van der Waals surface area contributed by atoms with Crippen molar-refractivity contribution in [1.29, 1.82) is 0 Å². The van der Waals surface area contributed by atoms with Crippen molar-refractivity contribution in [2.75, 3.05) is 11.9 Å². The summed E-state index contributed by atoms with van der Waals surface area (Å²) in [5.41, 5.74) is 0.186. The number of hydrogen-bond donors (Lipinski definition) is 1. The van der Waals surface area contributed by atoms with E-state index in [-0.39, 0.29) is 22.5 Å². The molecule has 0 bridgehead atoms. The molecule has 1 aliphatic rings. The van der Waals surface area contributed by atoms with Crippen LogP contribution in [0.1, 0.15) is 12.8 Å². The molecule has 1 amide bonds. The van der Waals surface area contributed by atoms with Crippen molar-refractivity contribution in [3.63, 3.8) is 0 Å². The molecule has 1 aromatic carbocycles. The molecule has 4 rings (SSSR count). The zero-order valence-corrected chi connectivity index (χ0v) is 15.1. The Hall–Kier alpha value is -3.14. The molecule has 10 heteroatoms. The summed E-state index contributed by atoms with van der Waals surface area (Å²) >= 11 is 0. The van der Waals surface area contributed by atoms with E-state index in [4.69, 9.17) is 9.47 Å². The van der Waals surface area contributed by atoms with Crippen molar-refractivity contribution in [2.24, 2.45) is 0 Å². The summed E-state index contributed by atoms with van der Waals surface area (Å²) in [4.78, 5) is 16.4. The first-order chi connectivity index (χ1) is 13.9. The molecule has 0 unspecified atom stereocenters. The maximum atomic E-state index is 13.0. The third-order valence-electron chi connectivity index (χ3n) is 4.39. The third kappa shape index (κ3) is 4.32. The molecule has 0 radical (unpaired) electrons. The molecular weight excluding hydrogens is 389 g/mol. The van der Waals surface area contributed by atoms with E-state index in [2.05, 4.69) is 15.4 Å². The smallest absolute Gasteiger partial charge is 0.408 e. The van der Waals surface area contributed by atoms with Gasteiger partial charge in [0.1, 0.15) is 24.1 Å². The zero-order valence-electron chi connectivity index (χ0n) is 15.1. The summed E-state index contributed by atoms with van der Waals surface area (Å²) in [7, 11) is 0. The number of nitrogens with zero attached hydrogens (tertiary/aromatic N) is 3. The van der Waals surface area contributed by atoms with Crippen LogP contribution < -0.4 is 10.1 Å². The lowest BCUT2D eigenvalue weighted by atomic mass is 10.2. The predicted molar refractivity (Wildman–Crippen MR) is 97.7 cm³/mol. The molecule has 3 aromatic rings. The lowest BCUT2D eigenvalue weighted by Gasteiger charge is -2.10. The standard InChI is InChI=1S/C19H17F3N4O3/c20-19(21,22)11-26-13-5-1-6-14(29-12-4-2-8-23-10-12)16(13)17(25-26)24-18(27)15-7-3-9-28-15/h1-2,4-6,8,10,15H,3,7,9,11H2,(H,24,25,27)/t15-/m1/s1. The molecule has 0 aliphatic carbocycles. The van der Waals surface area contributed by atoms with Gasteiger partial charge in [0, 0.05) is 12.8 Å². The summed E-state index contributed by atoms with van der Waals surface area (Å²) < 4.78 is 51.0. The number of carbonyl (C=O) groups excluding carboxylic acids is 1. The van der Waals surface area contributed by atoms with Crippen molar-refractivity contribution < 1.29 is 27.4 Å². The summed E-state index contributed by atoms with van der Waals surface area (Å²) in [6, 6.07) is 7.98. The number of benzene rings is 1. The zero-order chi connectivity index (χ0) is 20.4. The number of nitrogens with one attached hydrogen (secondary N) is 1. The second-order valence-electron chi connectivity index (χ2n) is 6.55. The summed E-state index contributed by atoms with van der Waals surface area (Å²) in [5.74, 6) is 0.202. The molecule has 7 nitrogen and oxygen atoms in total. The monoisotopic (exact) mass is 406 g/mol. The Morgan fingerprint density at radius 3 is 2.86 bits per heavy atom. The Labute approximate surface area is 163 Å². The quantitative estimate of drug-likeness (QED) is 0.695. The van der Waals surface area contributed by atoms with Crippen LogP contribution in [0.2, 0.25) is 0 Å². The van der Waals surface area contributed by atoms with Crippen LogP contribution >= 0.6 is 0 Å². The molecular formula is C19H17F3N4O3. The van der Waals surface area contributed by atoms with Gasteiger partial charge in [-0.15, -0.1) is 0 Å². The number of fused-ring (bicyclic) bond motifs is 1. The van der Waals surface area contributed by atoms with Crippen molar-refractivity contribution >= 4 is 22.6 Å². The van der Waals surface area contributed by atoms with E-state index >= 15 is 0 Å². The number of amides is 1. The molecule has 2 aromatic heterocycles. The van der Waals surface area contributed by atoms with Gasteiger partial charge in [0.25, 0.3) is 5.91 Å². The van der Waals surface area contributed by atoms with E-state index in [1.54, 1.807) is 30.5 Å². The Kier molecular flexibility index (Phi) is 5.10. The van der Waals surface area contributed by atoms with E-state index in [1.807, 2.05) is 0 Å². The number of carbonyl (C=O) groups is 1. The van der Waals surface area contributed by atoms with E-state index in [9.17, 15) is 18.0 Å². The first-order valence-electron chi connectivity index (χ1n) is 8.97. The average Bonchev–Trinajstić information content (AvgIpc) is 3.31. The van der Waals surface area contributed by atoms with Crippen LogP contribution in [0.15, 0.2) is 42.7 Å². The van der Waals surface area contributed by atoms with Crippen LogP contribution in [-0.4, -0.2) is 39.6 Å². The number of alkyl halides is 3. The Morgan fingerprint density at radius 2 is 2.17 bits per heavy atom. The minimum atomic E-state index is -4.48. The second kappa shape index (κ2) is 7.70. The molecule has 0 spiro atoms. The van der Waals surface area contributed by atoms with Gasteiger partial charge in [0.15, 0.2) is 5.82 Å². The van der Waals surface area contributed by atoms with Crippen LogP contribution in [0.5, 0.6) is 11.5 Å². The van der Waals surface area contributed by atoms with Gasteiger partial charge in [-0.3, -0.25) is 14.5 Å². The summed E-state index contributed by atoms with van der Waals surface area (Å²) in [6.45, 7) is -0.827. The average molecular weight is 406 g/mol.